The normalized spacial score (nSPS) is 20.4. The molecule has 0 atom stereocenters. The minimum atomic E-state index is -2.61. The average Bonchev–Trinajstić information content (AvgIpc) is 3.05. The van der Waals surface area contributed by atoms with Crippen LogP contribution in [0.5, 0.6) is 0 Å². The number of piperazine rings is 1. The number of likely N-dealkylation sites (tertiary alicyclic amines) is 1. The summed E-state index contributed by atoms with van der Waals surface area (Å²) >= 11 is 0. The molecule has 2 saturated heterocycles. The van der Waals surface area contributed by atoms with Crippen LogP contribution in [0, 0.1) is 5.92 Å². The van der Waals surface area contributed by atoms with Crippen molar-refractivity contribution >= 4 is 11.8 Å². The molecule has 2 aliphatic heterocycles. The molecular weight excluding hydrogens is 534 g/mol. The zero-order chi connectivity index (χ0) is 29.1. The van der Waals surface area contributed by atoms with E-state index in [9.17, 15) is 18.4 Å². The Morgan fingerprint density at radius 1 is 0.690 bits per heavy atom. The maximum atomic E-state index is 13.7. The number of hydrogen-bond donors (Lipinski definition) is 0. The molecule has 0 bridgehead atoms. The first-order valence-electron chi connectivity index (χ1n) is 15.2. The van der Waals surface area contributed by atoms with E-state index >= 15 is 0 Å². The third kappa shape index (κ3) is 6.38. The van der Waals surface area contributed by atoms with E-state index in [1.807, 2.05) is 82.6 Å². The lowest BCUT2D eigenvalue weighted by Crippen LogP contribution is -2.55. The quantitative estimate of drug-likeness (QED) is 0.377. The van der Waals surface area contributed by atoms with Gasteiger partial charge in [-0.05, 0) is 37.8 Å². The van der Waals surface area contributed by atoms with Gasteiger partial charge in [0, 0.05) is 80.8 Å². The molecule has 6 nitrogen and oxygen atoms in total. The van der Waals surface area contributed by atoms with E-state index in [-0.39, 0.29) is 30.6 Å². The number of hydrogen-bond acceptors (Lipinski definition) is 4. The molecule has 3 aliphatic rings. The van der Waals surface area contributed by atoms with Crippen molar-refractivity contribution in [1.82, 2.24) is 19.7 Å². The largest absolute Gasteiger partial charge is 0.342 e. The molecule has 220 valence electrons. The monoisotopic (exact) mass is 572 g/mol. The van der Waals surface area contributed by atoms with E-state index in [1.54, 1.807) is 0 Å². The topological polar surface area (TPSA) is 56.8 Å². The van der Waals surface area contributed by atoms with Crippen molar-refractivity contribution in [3.63, 3.8) is 0 Å². The number of carbonyl (C=O) groups is 2. The summed E-state index contributed by atoms with van der Waals surface area (Å²) in [5, 5.41) is 0. The Morgan fingerprint density at radius 3 is 1.74 bits per heavy atom. The molecule has 0 N–H and O–H groups in total. The SMILES string of the molecule is O=C(c1cc(-c2ccccc2)nc(-c2ccccc2)c1)N1CCN(C2CCN(C(=O)C3CCC(F)(F)CC3)CC2)CC1. The molecule has 1 aliphatic carbocycles. The molecule has 2 aromatic carbocycles. The Balaban J connectivity index is 1.07. The van der Waals surface area contributed by atoms with Crippen LogP contribution in [0.2, 0.25) is 0 Å². The molecule has 0 unspecified atom stereocenters. The van der Waals surface area contributed by atoms with Crippen molar-refractivity contribution in [2.45, 2.75) is 50.5 Å². The van der Waals surface area contributed by atoms with E-state index in [0.717, 1.165) is 48.4 Å². The number of alkyl halides is 2. The lowest BCUT2D eigenvalue weighted by atomic mass is 9.85. The lowest BCUT2D eigenvalue weighted by Gasteiger charge is -2.43. The number of rotatable bonds is 5. The molecule has 1 saturated carbocycles. The van der Waals surface area contributed by atoms with Gasteiger partial charge in [0.25, 0.3) is 5.91 Å². The van der Waals surface area contributed by atoms with Crippen LogP contribution in [0.4, 0.5) is 8.78 Å². The highest BCUT2D eigenvalue weighted by Gasteiger charge is 2.39. The second-order valence-electron chi connectivity index (χ2n) is 11.9. The highest BCUT2D eigenvalue weighted by molar-refractivity contribution is 5.96. The highest BCUT2D eigenvalue weighted by Crippen LogP contribution is 2.37. The van der Waals surface area contributed by atoms with Gasteiger partial charge in [0.2, 0.25) is 11.8 Å². The maximum Gasteiger partial charge on any atom is 0.254 e. The van der Waals surface area contributed by atoms with E-state index in [4.69, 9.17) is 4.98 Å². The Labute approximate surface area is 246 Å². The number of pyridine rings is 1. The summed E-state index contributed by atoms with van der Waals surface area (Å²) in [7, 11) is 0. The summed E-state index contributed by atoms with van der Waals surface area (Å²) < 4.78 is 27.1. The number of piperidine rings is 1. The lowest BCUT2D eigenvalue weighted by molar-refractivity contribution is -0.141. The van der Waals surface area contributed by atoms with E-state index < -0.39 is 5.92 Å². The van der Waals surface area contributed by atoms with Gasteiger partial charge in [0.1, 0.15) is 0 Å². The van der Waals surface area contributed by atoms with Crippen LogP contribution in [-0.2, 0) is 4.79 Å². The highest BCUT2D eigenvalue weighted by atomic mass is 19.3. The summed E-state index contributed by atoms with van der Waals surface area (Å²) in [5.74, 6) is -2.79. The zero-order valence-corrected chi connectivity index (χ0v) is 23.9. The summed E-state index contributed by atoms with van der Waals surface area (Å²) in [6.45, 7) is 4.25. The second-order valence-corrected chi connectivity index (χ2v) is 11.9. The van der Waals surface area contributed by atoms with Gasteiger partial charge in [-0.2, -0.15) is 0 Å². The first kappa shape index (κ1) is 28.5. The standard InChI is InChI=1S/C34H38F2N4O2/c35-34(36)15-11-27(12-16-34)32(41)39-17-13-29(14-18-39)38-19-21-40(22-20-38)33(42)28-23-30(25-7-3-1-4-8-25)37-31(24-28)26-9-5-2-6-10-26/h1-10,23-24,27,29H,11-22H2. The van der Waals surface area contributed by atoms with Crippen LogP contribution in [0.15, 0.2) is 72.8 Å². The Kier molecular flexibility index (Phi) is 8.34. The summed E-state index contributed by atoms with van der Waals surface area (Å²) in [6, 6.07) is 24.1. The van der Waals surface area contributed by atoms with E-state index in [0.29, 0.717) is 50.6 Å². The van der Waals surface area contributed by atoms with Crippen LogP contribution in [0.25, 0.3) is 22.5 Å². The predicted molar refractivity (Wildman–Crippen MR) is 159 cm³/mol. The molecule has 1 aromatic heterocycles. The molecule has 6 rings (SSSR count). The van der Waals surface area contributed by atoms with Crippen LogP contribution < -0.4 is 0 Å². The number of halogens is 2. The molecule has 3 heterocycles. The zero-order valence-electron chi connectivity index (χ0n) is 23.9. The number of aromatic nitrogens is 1. The van der Waals surface area contributed by atoms with Gasteiger partial charge in [-0.25, -0.2) is 13.8 Å². The van der Waals surface area contributed by atoms with Gasteiger partial charge in [-0.3, -0.25) is 14.5 Å². The molecule has 3 fully saturated rings. The molecule has 0 spiro atoms. The Morgan fingerprint density at radius 2 is 1.21 bits per heavy atom. The van der Waals surface area contributed by atoms with Crippen molar-refractivity contribution in [3.05, 3.63) is 78.4 Å². The minimum absolute atomic E-state index is 0.0184. The first-order valence-corrected chi connectivity index (χ1v) is 15.2. The van der Waals surface area contributed by atoms with Gasteiger partial charge in [0.05, 0.1) is 11.4 Å². The number of amides is 2. The molecule has 3 aromatic rings. The van der Waals surface area contributed by atoms with Gasteiger partial charge >= 0.3 is 0 Å². The fraction of sp³-hybridized carbons (Fsp3) is 0.441. The van der Waals surface area contributed by atoms with Crippen LogP contribution in [0.3, 0.4) is 0 Å². The number of benzene rings is 2. The van der Waals surface area contributed by atoms with Crippen molar-refractivity contribution in [2.75, 3.05) is 39.3 Å². The van der Waals surface area contributed by atoms with Crippen molar-refractivity contribution in [3.8, 4) is 22.5 Å². The third-order valence-corrected chi connectivity index (χ3v) is 9.17. The summed E-state index contributed by atoms with van der Waals surface area (Å²) in [5.41, 5.74) is 4.15. The minimum Gasteiger partial charge on any atom is -0.342 e. The summed E-state index contributed by atoms with van der Waals surface area (Å²) in [6.07, 6.45) is 1.99. The number of nitrogens with zero attached hydrogens (tertiary/aromatic N) is 4. The Hall–Kier alpha value is -3.65. The second kappa shape index (κ2) is 12.3. The summed E-state index contributed by atoms with van der Waals surface area (Å²) in [4.78, 5) is 37.9. The predicted octanol–water partition coefficient (Wildman–Crippen LogP) is 5.99. The molecule has 0 radical (unpaired) electrons. The van der Waals surface area contributed by atoms with Gasteiger partial charge in [-0.1, -0.05) is 60.7 Å². The van der Waals surface area contributed by atoms with Gasteiger partial charge in [0.15, 0.2) is 0 Å². The fourth-order valence-corrected chi connectivity index (χ4v) is 6.64. The molecule has 42 heavy (non-hydrogen) atoms. The smallest absolute Gasteiger partial charge is 0.254 e. The fourth-order valence-electron chi connectivity index (χ4n) is 6.64. The Bertz CT molecular complexity index is 1320. The third-order valence-electron chi connectivity index (χ3n) is 9.17. The van der Waals surface area contributed by atoms with Crippen molar-refractivity contribution < 1.29 is 18.4 Å². The van der Waals surface area contributed by atoms with E-state index in [1.165, 1.54) is 0 Å². The number of carbonyl (C=O) groups excluding carboxylic acids is 2. The molecule has 8 heteroatoms. The van der Waals surface area contributed by atoms with Crippen molar-refractivity contribution in [2.24, 2.45) is 5.92 Å². The maximum absolute atomic E-state index is 13.7. The van der Waals surface area contributed by atoms with Crippen LogP contribution in [0.1, 0.15) is 48.9 Å². The van der Waals surface area contributed by atoms with E-state index in [2.05, 4.69) is 4.90 Å². The van der Waals surface area contributed by atoms with Gasteiger partial charge in [-0.15, -0.1) is 0 Å². The van der Waals surface area contributed by atoms with Crippen LogP contribution >= 0.6 is 0 Å². The van der Waals surface area contributed by atoms with Gasteiger partial charge < -0.3 is 9.80 Å². The molecule has 2 amide bonds. The molecular formula is C34H38F2N4O2. The first-order chi connectivity index (χ1) is 20.4. The van der Waals surface area contributed by atoms with Crippen molar-refractivity contribution in [1.29, 1.82) is 0 Å². The average molecular weight is 573 g/mol. The van der Waals surface area contributed by atoms with Crippen LogP contribution in [-0.4, -0.2) is 82.7 Å².